The Kier molecular flexibility index (Phi) is 6.71. The highest BCUT2D eigenvalue weighted by Crippen LogP contribution is 2.45. The number of methoxy groups -OCH3 is 1. The van der Waals surface area contributed by atoms with E-state index in [4.69, 9.17) is 4.74 Å². The van der Waals surface area contributed by atoms with Gasteiger partial charge in [0.1, 0.15) is 11.6 Å². The Bertz CT molecular complexity index is 803. The fourth-order valence-electron chi connectivity index (χ4n) is 3.11. The molecule has 0 spiro atoms. The summed E-state index contributed by atoms with van der Waals surface area (Å²) in [5.41, 5.74) is -2.87. The Morgan fingerprint density at radius 3 is 2.18 bits per heavy atom. The molecule has 0 aliphatic heterocycles. The van der Waals surface area contributed by atoms with Gasteiger partial charge in [0.2, 0.25) is 0 Å². The van der Waals surface area contributed by atoms with Crippen molar-refractivity contribution in [1.29, 1.82) is 0 Å². The molecule has 1 N–H and O–H groups in total. The first-order valence-corrected chi connectivity index (χ1v) is 9.69. The van der Waals surface area contributed by atoms with E-state index in [2.05, 4.69) is 0 Å². The molecule has 1 atom stereocenters. The van der Waals surface area contributed by atoms with Gasteiger partial charge in [0.05, 0.1) is 7.11 Å². The van der Waals surface area contributed by atoms with Gasteiger partial charge in [-0.15, -0.1) is 11.8 Å². The first-order chi connectivity index (χ1) is 12.9. The van der Waals surface area contributed by atoms with Crippen molar-refractivity contribution < 1.29 is 27.4 Å². The lowest BCUT2D eigenvalue weighted by atomic mass is 9.75. The Labute approximate surface area is 166 Å². The average Bonchev–Trinajstić information content (AvgIpc) is 2.60. The summed E-state index contributed by atoms with van der Waals surface area (Å²) in [4.78, 5) is 0.634. The molecule has 0 radical (unpaired) electrons. The summed E-state index contributed by atoms with van der Waals surface area (Å²) in [6, 6.07) is 10.8. The molecule has 28 heavy (non-hydrogen) atoms. The number of aliphatic hydroxyl groups is 1. The highest BCUT2D eigenvalue weighted by atomic mass is 32.2. The average molecular weight is 416 g/mol. The lowest BCUT2D eigenvalue weighted by Crippen LogP contribution is -2.51. The van der Waals surface area contributed by atoms with Crippen LogP contribution in [0.1, 0.15) is 31.4 Å². The molecule has 154 valence electrons. The van der Waals surface area contributed by atoms with Crippen LogP contribution in [0.5, 0.6) is 5.75 Å². The number of aryl methyl sites for hydroxylation is 1. The summed E-state index contributed by atoms with van der Waals surface area (Å²) in [5, 5.41) is 10.6. The SMILES string of the molecule is COc1ccc(F)cc1C(C)(C)CC(O)(CSc1ccc(C)cc1)C(F)(F)F. The van der Waals surface area contributed by atoms with Crippen molar-refractivity contribution in [2.24, 2.45) is 0 Å². The number of rotatable bonds is 7. The van der Waals surface area contributed by atoms with Gasteiger partial charge in [0.15, 0.2) is 5.60 Å². The summed E-state index contributed by atoms with van der Waals surface area (Å²) in [5.74, 6) is -0.865. The number of benzene rings is 2. The molecule has 2 aromatic carbocycles. The van der Waals surface area contributed by atoms with E-state index in [1.54, 1.807) is 24.3 Å². The maximum atomic E-state index is 13.8. The van der Waals surface area contributed by atoms with Crippen LogP contribution in [-0.4, -0.2) is 29.7 Å². The molecule has 0 bridgehead atoms. The standard InChI is InChI=1S/C21H24F4O2S/c1-14-5-8-16(9-6-14)28-13-20(26,21(23,24)25)12-19(2,3)17-11-15(22)7-10-18(17)27-4/h5-11,26H,12-13H2,1-4H3. The molecular weight excluding hydrogens is 392 g/mol. The van der Waals surface area contributed by atoms with E-state index in [-0.39, 0.29) is 11.3 Å². The zero-order valence-corrected chi connectivity index (χ0v) is 17.0. The van der Waals surface area contributed by atoms with E-state index in [1.807, 2.05) is 6.92 Å². The maximum absolute atomic E-state index is 13.8. The third-order valence-corrected chi connectivity index (χ3v) is 5.88. The molecule has 2 rings (SSSR count). The monoisotopic (exact) mass is 416 g/mol. The van der Waals surface area contributed by atoms with Crippen molar-refractivity contribution in [3.05, 3.63) is 59.4 Å². The Balaban J connectivity index is 2.32. The third kappa shape index (κ3) is 5.20. The topological polar surface area (TPSA) is 29.5 Å². The molecule has 0 heterocycles. The van der Waals surface area contributed by atoms with Crippen LogP contribution >= 0.6 is 11.8 Å². The Hall–Kier alpha value is -1.73. The normalized spacial score (nSPS) is 14.6. The van der Waals surface area contributed by atoms with Crippen molar-refractivity contribution in [2.75, 3.05) is 12.9 Å². The molecule has 1 unspecified atom stereocenters. The second kappa shape index (κ2) is 8.33. The van der Waals surface area contributed by atoms with Crippen molar-refractivity contribution in [1.82, 2.24) is 0 Å². The fourth-order valence-corrected chi connectivity index (χ4v) is 4.11. The van der Waals surface area contributed by atoms with Gasteiger partial charge in [-0.25, -0.2) is 4.39 Å². The summed E-state index contributed by atoms with van der Waals surface area (Å²) in [6.07, 6.45) is -5.48. The van der Waals surface area contributed by atoms with E-state index in [1.165, 1.54) is 33.1 Å². The van der Waals surface area contributed by atoms with Crippen LogP contribution in [0.25, 0.3) is 0 Å². The predicted octanol–water partition coefficient (Wildman–Crippen LogP) is 5.90. The minimum atomic E-state index is -4.84. The lowest BCUT2D eigenvalue weighted by molar-refractivity contribution is -0.256. The Morgan fingerprint density at radius 2 is 1.64 bits per heavy atom. The van der Waals surface area contributed by atoms with Gasteiger partial charge >= 0.3 is 6.18 Å². The second-order valence-electron chi connectivity index (χ2n) is 7.54. The molecule has 0 amide bonds. The lowest BCUT2D eigenvalue weighted by Gasteiger charge is -2.38. The van der Waals surface area contributed by atoms with Crippen molar-refractivity contribution in [3.63, 3.8) is 0 Å². The Morgan fingerprint density at radius 1 is 1.04 bits per heavy atom. The smallest absolute Gasteiger partial charge is 0.418 e. The predicted molar refractivity (Wildman–Crippen MR) is 104 cm³/mol. The van der Waals surface area contributed by atoms with Crippen LogP contribution < -0.4 is 4.74 Å². The number of ether oxygens (including phenoxy) is 1. The fraction of sp³-hybridized carbons (Fsp3) is 0.429. The molecule has 0 aromatic heterocycles. The number of alkyl halides is 3. The number of halogens is 4. The van der Waals surface area contributed by atoms with E-state index >= 15 is 0 Å². The van der Waals surface area contributed by atoms with Crippen LogP contribution in [-0.2, 0) is 5.41 Å². The van der Waals surface area contributed by atoms with Gasteiger partial charge in [-0.05, 0) is 49.1 Å². The maximum Gasteiger partial charge on any atom is 0.418 e. The first kappa shape index (κ1) is 22.6. The van der Waals surface area contributed by atoms with E-state index in [9.17, 15) is 22.7 Å². The quantitative estimate of drug-likeness (QED) is 0.450. The molecule has 7 heteroatoms. The van der Waals surface area contributed by atoms with Crippen molar-refractivity contribution in [3.8, 4) is 5.75 Å². The minimum Gasteiger partial charge on any atom is -0.496 e. The van der Waals surface area contributed by atoms with Crippen LogP contribution in [0.15, 0.2) is 47.4 Å². The molecule has 0 fully saturated rings. The van der Waals surface area contributed by atoms with Crippen LogP contribution in [0.4, 0.5) is 17.6 Å². The third-order valence-electron chi connectivity index (χ3n) is 4.65. The second-order valence-corrected chi connectivity index (χ2v) is 8.59. The van der Waals surface area contributed by atoms with Crippen molar-refractivity contribution in [2.45, 2.75) is 49.3 Å². The number of hydrogen-bond donors (Lipinski definition) is 1. The molecule has 0 saturated carbocycles. The highest BCUT2D eigenvalue weighted by molar-refractivity contribution is 7.99. The van der Waals surface area contributed by atoms with E-state index < -0.39 is 35.2 Å². The van der Waals surface area contributed by atoms with Gasteiger partial charge in [0, 0.05) is 16.2 Å². The zero-order valence-electron chi connectivity index (χ0n) is 16.2. The largest absolute Gasteiger partial charge is 0.496 e. The molecule has 0 saturated heterocycles. The first-order valence-electron chi connectivity index (χ1n) is 8.70. The van der Waals surface area contributed by atoms with Crippen LogP contribution in [0, 0.1) is 12.7 Å². The highest BCUT2D eigenvalue weighted by Gasteiger charge is 2.56. The van der Waals surface area contributed by atoms with Gasteiger partial charge < -0.3 is 9.84 Å². The summed E-state index contributed by atoms with van der Waals surface area (Å²) in [7, 11) is 1.37. The van der Waals surface area contributed by atoms with E-state index in [0.29, 0.717) is 4.90 Å². The molecule has 0 aliphatic rings. The molecule has 2 nitrogen and oxygen atoms in total. The van der Waals surface area contributed by atoms with E-state index in [0.717, 1.165) is 23.4 Å². The number of hydrogen-bond acceptors (Lipinski definition) is 3. The van der Waals surface area contributed by atoms with Crippen LogP contribution in [0.3, 0.4) is 0 Å². The summed E-state index contributed by atoms with van der Waals surface area (Å²) in [6.45, 7) is 4.96. The molecular formula is C21H24F4O2S. The van der Waals surface area contributed by atoms with Crippen LogP contribution in [0.2, 0.25) is 0 Å². The summed E-state index contributed by atoms with van der Waals surface area (Å²) >= 11 is 0.937. The van der Waals surface area contributed by atoms with Crippen molar-refractivity contribution >= 4 is 11.8 Å². The minimum absolute atomic E-state index is 0.276. The van der Waals surface area contributed by atoms with Gasteiger partial charge in [-0.3, -0.25) is 0 Å². The number of thioether (sulfide) groups is 1. The van der Waals surface area contributed by atoms with Gasteiger partial charge in [-0.1, -0.05) is 31.5 Å². The van der Waals surface area contributed by atoms with Gasteiger partial charge in [-0.2, -0.15) is 13.2 Å². The summed E-state index contributed by atoms with van der Waals surface area (Å²) < 4.78 is 60.4. The zero-order chi connectivity index (χ0) is 21.2. The van der Waals surface area contributed by atoms with Gasteiger partial charge in [0.25, 0.3) is 0 Å². The molecule has 2 aromatic rings. The molecule has 0 aliphatic carbocycles.